The highest BCUT2D eigenvalue weighted by molar-refractivity contribution is 7.92. The summed E-state index contributed by atoms with van der Waals surface area (Å²) in [6, 6.07) is 7.44. The van der Waals surface area contributed by atoms with Gasteiger partial charge in [-0.25, -0.2) is 8.42 Å². The second-order valence-electron chi connectivity index (χ2n) is 4.66. The standard InChI is InChI=1S/C14H20N4O2S/c1-3-18(4-2)11-12-7-5-6-8-14(12)17-21(19,20)13-9-15-16-10-13/h5-10,17H,3-4,11H2,1-2H3,(H,15,16). The highest BCUT2D eigenvalue weighted by Crippen LogP contribution is 2.21. The molecule has 1 aromatic carbocycles. The Balaban J connectivity index is 2.25. The number of benzene rings is 1. The van der Waals surface area contributed by atoms with E-state index in [1.807, 2.05) is 18.2 Å². The second-order valence-corrected chi connectivity index (χ2v) is 6.34. The first-order chi connectivity index (χ1) is 10.1. The minimum absolute atomic E-state index is 0.125. The molecule has 0 fully saturated rings. The van der Waals surface area contributed by atoms with Crippen LogP contribution in [0.4, 0.5) is 5.69 Å². The van der Waals surface area contributed by atoms with Gasteiger partial charge in [0.25, 0.3) is 10.0 Å². The highest BCUT2D eigenvalue weighted by atomic mass is 32.2. The molecule has 114 valence electrons. The molecule has 6 nitrogen and oxygen atoms in total. The normalized spacial score (nSPS) is 11.8. The summed E-state index contributed by atoms with van der Waals surface area (Å²) >= 11 is 0. The molecule has 0 bridgehead atoms. The summed E-state index contributed by atoms with van der Waals surface area (Å²) in [4.78, 5) is 2.35. The first-order valence-corrected chi connectivity index (χ1v) is 8.37. The third-order valence-electron chi connectivity index (χ3n) is 3.33. The van der Waals surface area contributed by atoms with Gasteiger partial charge in [-0.1, -0.05) is 32.0 Å². The van der Waals surface area contributed by atoms with Crippen molar-refractivity contribution in [3.8, 4) is 0 Å². The second kappa shape index (κ2) is 6.73. The Morgan fingerprint density at radius 1 is 1.24 bits per heavy atom. The van der Waals surface area contributed by atoms with E-state index in [9.17, 15) is 8.42 Å². The molecule has 2 aromatic rings. The molecule has 0 saturated carbocycles. The number of aromatic amines is 1. The molecule has 0 amide bonds. The van der Waals surface area contributed by atoms with Crippen LogP contribution in [0.1, 0.15) is 19.4 Å². The van der Waals surface area contributed by atoms with Crippen molar-refractivity contribution in [2.75, 3.05) is 17.8 Å². The van der Waals surface area contributed by atoms with Gasteiger partial charge < -0.3 is 0 Å². The van der Waals surface area contributed by atoms with E-state index in [4.69, 9.17) is 0 Å². The lowest BCUT2D eigenvalue weighted by Crippen LogP contribution is -2.23. The van der Waals surface area contributed by atoms with Crippen LogP contribution < -0.4 is 4.72 Å². The predicted octanol–water partition coefficient (Wildman–Crippen LogP) is 2.05. The summed E-state index contributed by atoms with van der Waals surface area (Å²) in [5.74, 6) is 0. The van der Waals surface area contributed by atoms with E-state index in [0.29, 0.717) is 12.2 Å². The highest BCUT2D eigenvalue weighted by Gasteiger charge is 2.17. The number of aromatic nitrogens is 2. The zero-order valence-electron chi connectivity index (χ0n) is 12.2. The van der Waals surface area contributed by atoms with Crippen LogP contribution in [0, 0.1) is 0 Å². The van der Waals surface area contributed by atoms with E-state index in [1.165, 1.54) is 12.4 Å². The first-order valence-electron chi connectivity index (χ1n) is 6.88. The minimum atomic E-state index is -3.60. The summed E-state index contributed by atoms with van der Waals surface area (Å²) in [6.45, 7) is 6.71. The van der Waals surface area contributed by atoms with Gasteiger partial charge in [-0.2, -0.15) is 5.10 Å². The van der Waals surface area contributed by atoms with Gasteiger partial charge in [-0.3, -0.25) is 14.7 Å². The van der Waals surface area contributed by atoms with Crippen LogP contribution in [0.25, 0.3) is 0 Å². The topological polar surface area (TPSA) is 78.1 Å². The number of sulfonamides is 1. The number of rotatable bonds is 7. The van der Waals surface area contributed by atoms with Crippen molar-refractivity contribution in [2.45, 2.75) is 25.3 Å². The Labute approximate surface area is 125 Å². The minimum Gasteiger partial charge on any atom is -0.300 e. The third kappa shape index (κ3) is 3.83. The van der Waals surface area contributed by atoms with Gasteiger partial charge in [0, 0.05) is 12.7 Å². The molecular formula is C14H20N4O2S. The smallest absolute Gasteiger partial charge is 0.265 e. The fourth-order valence-electron chi connectivity index (χ4n) is 2.04. The van der Waals surface area contributed by atoms with E-state index in [2.05, 4.69) is 33.7 Å². The average molecular weight is 308 g/mol. The maximum atomic E-state index is 12.3. The molecule has 0 aliphatic heterocycles. The van der Waals surface area contributed by atoms with Crippen molar-refractivity contribution in [3.05, 3.63) is 42.2 Å². The monoisotopic (exact) mass is 308 g/mol. The van der Waals surface area contributed by atoms with Crippen molar-refractivity contribution in [1.82, 2.24) is 15.1 Å². The van der Waals surface area contributed by atoms with Crippen LogP contribution in [0.3, 0.4) is 0 Å². The maximum Gasteiger partial charge on any atom is 0.265 e. The molecule has 0 atom stereocenters. The van der Waals surface area contributed by atoms with E-state index in [1.54, 1.807) is 6.07 Å². The fourth-order valence-corrected chi connectivity index (χ4v) is 3.04. The van der Waals surface area contributed by atoms with Crippen molar-refractivity contribution >= 4 is 15.7 Å². The Morgan fingerprint density at radius 2 is 1.95 bits per heavy atom. The van der Waals surface area contributed by atoms with Crippen LogP contribution in [0.2, 0.25) is 0 Å². The van der Waals surface area contributed by atoms with Crippen LogP contribution >= 0.6 is 0 Å². The van der Waals surface area contributed by atoms with Gasteiger partial charge in [-0.15, -0.1) is 0 Å². The maximum absolute atomic E-state index is 12.3. The van der Waals surface area contributed by atoms with E-state index < -0.39 is 10.0 Å². The first kappa shape index (κ1) is 15.5. The number of nitrogens with zero attached hydrogens (tertiary/aromatic N) is 2. The Hall–Kier alpha value is -1.86. The number of H-pyrrole nitrogens is 1. The molecule has 0 radical (unpaired) electrons. The number of hydrogen-bond donors (Lipinski definition) is 2. The summed E-state index contributed by atoms with van der Waals surface area (Å²) in [6.07, 6.45) is 2.64. The van der Waals surface area contributed by atoms with Crippen molar-refractivity contribution in [1.29, 1.82) is 0 Å². The van der Waals surface area contributed by atoms with Crippen LogP contribution in [0.15, 0.2) is 41.6 Å². The molecule has 2 N–H and O–H groups in total. The van der Waals surface area contributed by atoms with Crippen LogP contribution in [-0.2, 0) is 16.6 Å². The van der Waals surface area contributed by atoms with Gasteiger partial charge in [-0.05, 0) is 24.7 Å². The number of nitrogens with one attached hydrogen (secondary N) is 2. The van der Waals surface area contributed by atoms with Crippen molar-refractivity contribution in [2.24, 2.45) is 0 Å². The van der Waals surface area contributed by atoms with Gasteiger partial charge in [0.15, 0.2) is 0 Å². The lowest BCUT2D eigenvalue weighted by molar-refractivity contribution is 0.296. The zero-order valence-corrected chi connectivity index (χ0v) is 13.0. The van der Waals surface area contributed by atoms with Gasteiger partial charge in [0.2, 0.25) is 0 Å². The Morgan fingerprint density at radius 3 is 2.57 bits per heavy atom. The van der Waals surface area contributed by atoms with Crippen LogP contribution in [-0.4, -0.2) is 36.6 Å². The Bertz CT molecular complexity index is 664. The van der Waals surface area contributed by atoms with Gasteiger partial charge >= 0.3 is 0 Å². The molecule has 0 saturated heterocycles. The third-order valence-corrected chi connectivity index (χ3v) is 4.67. The number of para-hydroxylation sites is 1. The molecule has 0 aliphatic carbocycles. The summed E-state index contributed by atoms with van der Waals surface area (Å²) < 4.78 is 27.1. The molecule has 2 rings (SSSR count). The summed E-state index contributed by atoms with van der Waals surface area (Å²) in [5, 5.41) is 6.18. The number of hydrogen-bond acceptors (Lipinski definition) is 4. The molecule has 21 heavy (non-hydrogen) atoms. The molecule has 7 heteroatoms. The fraction of sp³-hybridized carbons (Fsp3) is 0.357. The molecule has 0 unspecified atom stereocenters. The molecule has 1 heterocycles. The lowest BCUT2D eigenvalue weighted by atomic mass is 10.1. The summed E-state index contributed by atoms with van der Waals surface area (Å²) in [5.41, 5.74) is 1.55. The van der Waals surface area contributed by atoms with Crippen molar-refractivity contribution < 1.29 is 8.42 Å². The predicted molar refractivity (Wildman–Crippen MR) is 82.5 cm³/mol. The van der Waals surface area contributed by atoms with Gasteiger partial charge in [0.1, 0.15) is 4.90 Å². The summed E-state index contributed by atoms with van der Waals surface area (Å²) in [7, 11) is -3.60. The largest absolute Gasteiger partial charge is 0.300 e. The molecular weight excluding hydrogens is 288 g/mol. The van der Waals surface area contributed by atoms with Crippen molar-refractivity contribution in [3.63, 3.8) is 0 Å². The Kier molecular flexibility index (Phi) is 4.98. The SMILES string of the molecule is CCN(CC)Cc1ccccc1NS(=O)(=O)c1cn[nH]c1. The average Bonchev–Trinajstić information content (AvgIpc) is 3.01. The van der Waals surface area contributed by atoms with Gasteiger partial charge in [0.05, 0.1) is 11.9 Å². The quantitative estimate of drug-likeness (QED) is 0.820. The van der Waals surface area contributed by atoms with E-state index >= 15 is 0 Å². The lowest BCUT2D eigenvalue weighted by Gasteiger charge is -2.20. The molecule has 1 aromatic heterocycles. The van der Waals surface area contributed by atoms with Crippen LogP contribution in [0.5, 0.6) is 0 Å². The zero-order chi connectivity index (χ0) is 15.3. The molecule has 0 aliphatic rings. The molecule has 0 spiro atoms. The van der Waals surface area contributed by atoms with E-state index in [-0.39, 0.29) is 4.90 Å². The van der Waals surface area contributed by atoms with E-state index in [0.717, 1.165) is 18.7 Å². The number of anilines is 1.